The van der Waals surface area contributed by atoms with Crippen LogP contribution >= 0.6 is 0 Å². The van der Waals surface area contributed by atoms with Crippen molar-refractivity contribution in [1.82, 2.24) is 0 Å². The summed E-state index contributed by atoms with van der Waals surface area (Å²) in [6.45, 7) is 5.71. The van der Waals surface area contributed by atoms with Crippen LogP contribution in [0, 0.1) is 11.2 Å². The monoisotopic (exact) mass is 236 g/mol. The fraction of sp³-hybridized carbons (Fsp3) is 0.429. The lowest BCUT2D eigenvalue weighted by molar-refractivity contribution is 0.116. The average molecular weight is 236 g/mol. The summed E-state index contributed by atoms with van der Waals surface area (Å²) in [5.41, 5.74) is 0.560. The van der Waals surface area contributed by atoms with E-state index < -0.39 is 0 Å². The van der Waals surface area contributed by atoms with Gasteiger partial charge in [0.15, 0.2) is 0 Å². The van der Waals surface area contributed by atoms with E-state index in [9.17, 15) is 9.50 Å². The number of hydrogen-bond donors (Lipinski definition) is 1. The van der Waals surface area contributed by atoms with Crippen molar-refractivity contribution < 1.29 is 14.2 Å². The molecule has 2 rings (SSSR count). The van der Waals surface area contributed by atoms with Crippen molar-refractivity contribution in [1.29, 1.82) is 0 Å². The van der Waals surface area contributed by atoms with Gasteiger partial charge in [0.05, 0.1) is 6.61 Å². The fourth-order valence-electron chi connectivity index (χ4n) is 2.14. The first kappa shape index (κ1) is 12.1. The molecule has 0 aromatic heterocycles. The first-order valence-corrected chi connectivity index (χ1v) is 5.76. The van der Waals surface area contributed by atoms with Gasteiger partial charge in [0.1, 0.15) is 17.7 Å². The minimum atomic E-state index is -0.342. The first-order valence-electron chi connectivity index (χ1n) is 5.76. The number of aliphatic hydroxyl groups excluding tert-OH is 1. The van der Waals surface area contributed by atoms with Crippen molar-refractivity contribution in [2.45, 2.75) is 25.9 Å². The van der Waals surface area contributed by atoms with Gasteiger partial charge in [0.25, 0.3) is 0 Å². The summed E-state index contributed by atoms with van der Waals surface area (Å²) in [4.78, 5) is 0. The van der Waals surface area contributed by atoms with E-state index in [0.717, 1.165) is 11.3 Å². The Bertz CT molecular complexity index is 430. The molecule has 0 bridgehead atoms. The van der Waals surface area contributed by atoms with Gasteiger partial charge in [-0.25, -0.2) is 4.39 Å². The predicted molar refractivity (Wildman–Crippen MR) is 64.5 cm³/mol. The van der Waals surface area contributed by atoms with Crippen molar-refractivity contribution in [2.24, 2.45) is 5.41 Å². The van der Waals surface area contributed by atoms with Crippen LogP contribution in [0.3, 0.4) is 0 Å². The number of halogens is 1. The van der Waals surface area contributed by atoms with Gasteiger partial charge in [-0.15, -0.1) is 6.58 Å². The van der Waals surface area contributed by atoms with Gasteiger partial charge in [-0.1, -0.05) is 13.0 Å². The lowest BCUT2D eigenvalue weighted by Crippen LogP contribution is -2.27. The molecule has 0 saturated heterocycles. The van der Waals surface area contributed by atoms with Gasteiger partial charge >= 0.3 is 0 Å². The third-order valence-corrected chi connectivity index (χ3v) is 3.31. The minimum Gasteiger partial charge on any atom is -0.490 e. The lowest BCUT2D eigenvalue weighted by Gasteiger charge is -2.26. The van der Waals surface area contributed by atoms with Gasteiger partial charge in [-0.2, -0.15) is 0 Å². The molecule has 0 saturated carbocycles. The van der Waals surface area contributed by atoms with Crippen LogP contribution in [0.4, 0.5) is 4.39 Å². The number of aliphatic hydroxyl groups is 1. The summed E-state index contributed by atoms with van der Waals surface area (Å²) in [7, 11) is 0. The van der Waals surface area contributed by atoms with E-state index in [-0.39, 0.29) is 23.9 Å². The molecule has 2 atom stereocenters. The Morgan fingerprint density at radius 3 is 3.06 bits per heavy atom. The largest absolute Gasteiger partial charge is 0.490 e. The molecule has 2 unspecified atom stereocenters. The zero-order chi connectivity index (χ0) is 12.5. The summed E-state index contributed by atoms with van der Waals surface area (Å²) >= 11 is 0. The maximum atomic E-state index is 13.0. The molecule has 1 aliphatic heterocycles. The average Bonchev–Trinajstić information content (AvgIpc) is 2.70. The molecular weight excluding hydrogens is 219 g/mol. The zero-order valence-corrected chi connectivity index (χ0v) is 9.95. The van der Waals surface area contributed by atoms with Gasteiger partial charge in [0.2, 0.25) is 0 Å². The molecule has 92 valence electrons. The number of hydrogen-bond acceptors (Lipinski definition) is 2. The normalized spacial score (nSPS) is 21.5. The number of ether oxygens (including phenoxy) is 1. The summed E-state index contributed by atoms with van der Waals surface area (Å²) in [6.07, 6.45) is 3.11. The molecule has 0 amide bonds. The maximum absolute atomic E-state index is 13.0. The number of rotatable bonds is 4. The molecule has 1 heterocycles. The van der Waals surface area contributed by atoms with Gasteiger partial charge in [0, 0.05) is 17.4 Å². The molecule has 0 spiro atoms. The van der Waals surface area contributed by atoms with Crippen molar-refractivity contribution in [3.05, 3.63) is 42.2 Å². The molecule has 0 radical (unpaired) electrons. The van der Waals surface area contributed by atoms with Crippen molar-refractivity contribution in [3.8, 4) is 5.75 Å². The standard InChI is InChI=1S/C14H17FO2/c1-3-14(2,9-16)8-12-7-10-6-11(15)4-5-13(10)17-12/h3-6,12,16H,1,7-9H2,2H3. The van der Waals surface area contributed by atoms with E-state index in [2.05, 4.69) is 6.58 Å². The topological polar surface area (TPSA) is 29.5 Å². The zero-order valence-electron chi connectivity index (χ0n) is 9.95. The van der Waals surface area contributed by atoms with Crippen molar-refractivity contribution >= 4 is 0 Å². The molecule has 2 nitrogen and oxygen atoms in total. The summed E-state index contributed by atoms with van der Waals surface area (Å²) < 4.78 is 18.8. The van der Waals surface area contributed by atoms with Gasteiger partial charge in [-0.05, 0) is 24.6 Å². The second-order valence-corrected chi connectivity index (χ2v) is 4.92. The maximum Gasteiger partial charge on any atom is 0.123 e. The highest BCUT2D eigenvalue weighted by molar-refractivity contribution is 5.38. The Balaban J connectivity index is 2.08. The highest BCUT2D eigenvalue weighted by Gasteiger charge is 2.30. The van der Waals surface area contributed by atoms with Crippen molar-refractivity contribution in [2.75, 3.05) is 6.61 Å². The quantitative estimate of drug-likeness (QED) is 0.814. The second-order valence-electron chi connectivity index (χ2n) is 4.92. The Hall–Kier alpha value is -1.35. The van der Waals surface area contributed by atoms with Crippen LogP contribution in [0.15, 0.2) is 30.9 Å². The van der Waals surface area contributed by atoms with Crippen LogP contribution in [-0.2, 0) is 6.42 Å². The van der Waals surface area contributed by atoms with Gasteiger partial charge < -0.3 is 9.84 Å². The van der Waals surface area contributed by atoms with Crippen molar-refractivity contribution in [3.63, 3.8) is 0 Å². The predicted octanol–water partition coefficient (Wildman–Crippen LogP) is 2.70. The summed E-state index contributed by atoms with van der Waals surface area (Å²) in [6, 6.07) is 4.58. The summed E-state index contributed by atoms with van der Waals surface area (Å²) in [5.74, 6) is 0.516. The van der Waals surface area contributed by atoms with E-state index in [4.69, 9.17) is 4.74 Å². The smallest absolute Gasteiger partial charge is 0.123 e. The highest BCUT2D eigenvalue weighted by atomic mass is 19.1. The van der Waals surface area contributed by atoms with Crippen LogP contribution in [0.1, 0.15) is 18.9 Å². The van der Waals surface area contributed by atoms with Gasteiger partial charge in [-0.3, -0.25) is 0 Å². The molecule has 1 N–H and O–H groups in total. The van der Waals surface area contributed by atoms with E-state index in [0.29, 0.717) is 12.8 Å². The van der Waals surface area contributed by atoms with Crippen LogP contribution in [0.25, 0.3) is 0 Å². The van der Waals surface area contributed by atoms with Crippen LogP contribution in [-0.4, -0.2) is 17.8 Å². The first-order chi connectivity index (χ1) is 8.06. The Morgan fingerprint density at radius 1 is 1.65 bits per heavy atom. The molecule has 1 aromatic rings. The van der Waals surface area contributed by atoms with E-state index in [1.165, 1.54) is 12.1 Å². The third kappa shape index (κ3) is 2.50. The van der Waals surface area contributed by atoms with E-state index in [1.54, 1.807) is 12.1 Å². The summed E-state index contributed by atoms with van der Waals surface area (Å²) in [5, 5.41) is 9.32. The molecule has 1 aliphatic rings. The Morgan fingerprint density at radius 2 is 2.41 bits per heavy atom. The lowest BCUT2D eigenvalue weighted by atomic mass is 9.84. The highest BCUT2D eigenvalue weighted by Crippen LogP contribution is 2.35. The molecule has 1 aromatic carbocycles. The fourth-order valence-corrected chi connectivity index (χ4v) is 2.14. The molecule has 0 fully saturated rings. The number of benzene rings is 1. The van der Waals surface area contributed by atoms with Crippen LogP contribution in [0.5, 0.6) is 5.75 Å². The second kappa shape index (κ2) is 4.49. The molecule has 3 heteroatoms. The minimum absolute atomic E-state index is 0.0121. The van der Waals surface area contributed by atoms with Crippen LogP contribution < -0.4 is 4.74 Å². The van der Waals surface area contributed by atoms with Crippen LogP contribution in [0.2, 0.25) is 0 Å². The molecule has 0 aliphatic carbocycles. The van der Waals surface area contributed by atoms with E-state index in [1.807, 2.05) is 6.92 Å². The molecular formula is C14H17FO2. The Labute approximate surface area is 101 Å². The van der Waals surface area contributed by atoms with E-state index >= 15 is 0 Å². The Kier molecular flexibility index (Phi) is 3.20. The number of fused-ring (bicyclic) bond motifs is 1. The molecule has 17 heavy (non-hydrogen) atoms. The SMILES string of the molecule is C=CC(C)(CO)CC1Cc2cc(F)ccc2O1. The third-order valence-electron chi connectivity index (χ3n) is 3.31.